The molecule has 2 rings (SSSR count). The first-order chi connectivity index (χ1) is 7.99. The van der Waals surface area contributed by atoms with Gasteiger partial charge in [-0.15, -0.1) is 11.3 Å². The Morgan fingerprint density at radius 2 is 1.94 bits per heavy atom. The summed E-state index contributed by atoms with van der Waals surface area (Å²) in [5, 5.41) is 9.98. The van der Waals surface area contributed by atoms with Crippen LogP contribution in [0.15, 0.2) is 28.1 Å². The monoisotopic (exact) mass is 318 g/mol. The highest BCUT2D eigenvalue weighted by Gasteiger charge is 2.18. The van der Waals surface area contributed by atoms with Crippen LogP contribution in [0, 0.1) is 18.6 Å². The lowest BCUT2D eigenvalue weighted by Crippen LogP contribution is -2.02. The number of halogens is 3. The zero-order chi connectivity index (χ0) is 12.6. The van der Waals surface area contributed by atoms with Gasteiger partial charge >= 0.3 is 0 Å². The maximum absolute atomic E-state index is 13.6. The van der Waals surface area contributed by atoms with E-state index in [0.717, 1.165) is 15.9 Å². The summed E-state index contributed by atoms with van der Waals surface area (Å²) < 4.78 is 27.8. The molecule has 1 unspecified atom stereocenters. The van der Waals surface area contributed by atoms with Crippen LogP contribution in [0.3, 0.4) is 0 Å². The number of aryl methyl sites for hydroxylation is 1. The highest BCUT2D eigenvalue weighted by molar-refractivity contribution is 9.11. The Labute approximate surface area is 110 Å². The van der Waals surface area contributed by atoms with Crippen LogP contribution >= 0.6 is 27.3 Å². The number of thiophene rings is 1. The smallest absolute Gasteiger partial charge is 0.129 e. The van der Waals surface area contributed by atoms with E-state index in [1.807, 2.05) is 0 Å². The Morgan fingerprint density at radius 1 is 1.24 bits per heavy atom. The van der Waals surface area contributed by atoms with Crippen LogP contribution in [-0.4, -0.2) is 5.11 Å². The molecule has 90 valence electrons. The molecule has 0 fully saturated rings. The summed E-state index contributed by atoms with van der Waals surface area (Å²) in [6.07, 6.45) is -1.14. The number of rotatable bonds is 2. The number of hydrogen-bond donors (Lipinski definition) is 1. The zero-order valence-electron chi connectivity index (χ0n) is 8.88. The SMILES string of the molecule is Cc1cc(F)c(C(O)c2ccc(Br)s2)cc1F. The van der Waals surface area contributed by atoms with Gasteiger partial charge in [0.15, 0.2) is 0 Å². The molecule has 0 amide bonds. The first-order valence-corrected chi connectivity index (χ1v) is 6.49. The Kier molecular flexibility index (Phi) is 3.61. The fourth-order valence-electron chi connectivity index (χ4n) is 1.50. The quantitative estimate of drug-likeness (QED) is 0.880. The van der Waals surface area contributed by atoms with Crippen LogP contribution in [0.5, 0.6) is 0 Å². The molecule has 0 radical (unpaired) electrons. The van der Waals surface area contributed by atoms with E-state index in [0.29, 0.717) is 4.88 Å². The molecule has 0 spiro atoms. The maximum atomic E-state index is 13.6. The van der Waals surface area contributed by atoms with Crippen molar-refractivity contribution in [3.05, 3.63) is 55.7 Å². The highest BCUT2D eigenvalue weighted by atomic mass is 79.9. The summed E-state index contributed by atoms with van der Waals surface area (Å²) in [6.45, 7) is 1.48. The van der Waals surface area contributed by atoms with Gasteiger partial charge in [-0.3, -0.25) is 0 Å². The molecule has 0 aliphatic carbocycles. The second-order valence-electron chi connectivity index (χ2n) is 3.67. The van der Waals surface area contributed by atoms with Crippen molar-refractivity contribution < 1.29 is 13.9 Å². The second-order valence-corrected chi connectivity index (χ2v) is 6.16. The van der Waals surface area contributed by atoms with Crippen LogP contribution in [0.2, 0.25) is 0 Å². The van der Waals surface area contributed by atoms with E-state index in [-0.39, 0.29) is 11.1 Å². The molecule has 17 heavy (non-hydrogen) atoms. The van der Waals surface area contributed by atoms with Crippen LogP contribution in [0.4, 0.5) is 8.78 Å². The van der Waals surface area contributed by atoms with Gasteiger partial charge in [0.05, 0.1) is 3.79 Å². The number of aliphatic hydroxyl groups is 1. The summed E-state index contributed by atoms with van der Waals surface area (Å²) >= 11 is 4.54. The molecule has 1 aromatic carbocycles. The minimum atomic E-state index is -1.14. The number of aliphatic hydroxyl groups excluding tert-OH is 1. The van der Waals surface area contributed by atoms with Crippen molar-refractivity contribution in [1.29, 1.82) is 0 Å². The third-order valence-electron chi connectivity index (χ3n) is 2.44. The lowest BCUT2D eigenvalue weighted by Gasteiger charge is -2.11. The highest BCUT2D eigenvalue weighted by Crippen LogP contribution is 2.32. The van der Waals surface area contributed by atoms with Gasteiger partial charge in [0.2, 0.25) is 0 Å². The van der Waals surface area contributed by atoms with Crippen LogP contribution in [-0.2, 0) is 0 Å². The predicted octanol–water partition coefficient (Wildman–Crippen LogP) is 4.18. The third-order valence-corrected chi connectivity index (χ3v) is 4.11. The van der Waals surface area contributed by atoms with Crippen molar-refractivity contribution in [1.82, 2.24) is 0 Å². The van der Waals surface area contributed by atoms with Crippen molar-refractivity contribution in [3.63, 3.8) is 0 Å². The molecule has 1 aromatic heterocycles. The van der Waals surface area contributed by atoms with E-state index in [4.69, 9.17) is 0 Å². The molecule has 2 aromatic rings. The third kappa shape index (κ3) is 2.56. The van der Waals surface area contributed by atoms with Gasteiger partial charge in [-0.1, -0.05) is 0 Å². The van der Waals surface area contributed by atoms with E-state index >= 15 is 0 Å². The molecular formula is C12H9BrF2OS. The van der Waals surface area contributed by atoms with Crippen molar-refractivity contribution in [3.8, 4) is 0 Å². The molecule has 1 nitrogen and oxygen atoms in total. The fourth-order valence-corrected chi connectivity index (χ4v) is 2.93. The van der Waals surface area contributed by atoms with E-state index in [9.17, 15) is 13.9 Å². The molecule has 0 saturated heterocycles. The van der Waals surface area contributed by atoms with Crippen LogP contribution < -0.4 is 0 Å². The largest absolute Gasteiger partial charge is 0.383 e. The Balaban J connectivity index is 2.43. The first kappa shape index (κ1) is 12.7. The molecule has 1 N–H and O–H groups in total. The van der Waals surface area contributed by atoms with Gasteiger partial charge in [0.25, 0.3) is 0 Å². The van der Waals surface area contributed by atoms with Crippen LogP contribution in [0.1, 0.15) is 22.1 Å². The van der Waals surface area contributed by atoms with Crippen LogP contribution in [0.25, 0.3) is 0 Å². The molecule has 1 atom stereocenters. The van der Waals surface area contributed by atoms with Gasteiger partial charge in [0.1, 0.15) is 17.7 Å². The standard InChI is InChI=1S/C12H9BrF2OS/c1-6-4-9(15)7(5-8(6)14)12(16)10-2-3-11(13)17-10/h2-5,12,16H,1H3. The van der Waals surface area contributed by atoms with E-state index < -0.39 is 17.7 Å². The van der Waals surface area contributed by atoms with Gasteiger partial charge < -0.3 is 5.11 Å². The Hall–Kier alpha value is -0.780. The van der Waals surface area contributed by atoms with E-state index in [2.05, 4.69) is 15.9 Å². The average molecular weight is 319 g/mol. The summed E-state index contributed by atoms with van der Waals surface area (Å²) in [5.74, 6) is -1.11. The zero-order valence-corrected chi connectivity index (χ0v) is 11.3. The summed E-state index contributed by atoms with van der Waals surface area (Å²) in [5.41, 5.74) is 0.188. The Bertz CT molecular complexity index is 553. The molecule has 0 aliphatic rings. The molecule has 0 saturated carbocycles. The summed E-state index contributed by atoms with van der Waals surface area (Å²) in [7, 11) is 0. The number of hydrogen-bond acceptors (Lipinski definition) is 2. The summed E-state index contributed by atoms with van der Waals surface area (Å²) in [4.78, 5) is 0.569. The first-order valence-electron chi connectivity index (χ1n) is 4.88. The van der Waals surface area contributed by atoms with Crippen molar-refractivity contribution in [2.75, 3.05) is 0 Å². The van der Waals surface area contributed by atoms with E-state index in [1.54, 1.807) is 12.1 Å². The topological polar surface area (TPSA) is 20.2 Å². The molecule has 0 bridgehead atoms. The molecular weight excluding hydrogens is 310 g/mol. The lowest BCUT2D eigenvalue weighted by molar-refractivity contribution is 0.218. The van der Waals surface area contributed by atoms with Crippen molar-refractivity contribution in [2.45, 2.75) is 13.0 Å². The average Bonchev–Trinajstić information content (AvgIpc) is 2.69. The summed E-state index contributed by atoms with van der Waals surface area (Å²) in [6, 6.07) is 5.57. The van der Waals surface area contributed by atoms with Crippen molar-refractivity contribution in [2.24, 2.45) is 0 Å². The minimum Gasteiger partial charge on any atom is -0.383 e. The van der Waals surface area contributed by atoms with E-state index in [1.165, 1.54) is 18.3 Å². The van der Waals surface area contributed by atoms with Gasteiger partial charge in [-0.25, -0.2) is 8.78 Å². The van der Waals surface area contributed by atoms with Gasteiger partial charge in [-0.05, 0) is 52.7 Å². The van der Waals surface area contributed by atoms with Gasteiger partial charge in [-0.2, -0.15) is 0 Å². The molecule has 0 aliphatic heterocycles. The molecule has 5 heteroatoms. The lowest BCUT2D eigenvalue weighted by atomic mass is 10.0. The fraction of sp³-hybridized carbons (Fsp3) is 0.167. The predicted molar refractivity (Wildman–Crippen MR) is 67.2 cm³/mol. The Morgan fingerprint density at radius 3 is 2.53 bits per heavy atom. The maximum Gasteiger partial charge on any atom is 0.129 e. The van der Waals surface area contributed by atoms with Gasteiger partial charge in [0, 0.05) is 10.4 Å². The molecule has 1 heterocycles. The normalized spacial score (nSPS) is 12.8. The van der Waals surface area contributed by atoms with Crippen molar-refractivity contribution >= 4 is 27.3 Å². The minimum absolute atomic E-state index is 0.0394. The second kappa shape index (κ2) is 4.84. The number of benzene rings is 1.